The zero-order valence-corrected chi connectivity index (χ0v) is 11.7. The van der Waals surface area contributed by atoms with Gasteiger partial charge in [0.15, 0.2) is 0 Å². The predicted octanol–water partition coefficient (Wildman–Crippen LogP) is 2.44. The van der Waals surface area contributed by atoms with E-state index in [1.54, 1.807) is 0 Å². The van der Waals surface area contributed by atoms with E-state index in [1.165, 1.54) is 42.6 Å². The van der Waals surface area contributed by atoms with E-state index < -0.39 is 0 Å². The van der Waals surface area contributed by atoms with E-state index in [9.17, 15) is 0 Å². The highest BCUT2D eigenvalue weighted by molar-refractivity contribution is 5.28. The Kier molecular flexibility index (Phi) is 2.89. The van der Waals surface area contributed by atoms with Gasteiger partial charge in [0.05, 0.1) is 0 Å². The summed E-state index contributed by atoms with van der Waals surface area (Å²) in [6, 6.07) is 0.788. The van der Waals surface area contributed by atoms with Crippen LogP contribution in [0.25, 0.3) is 0 Å². The number of aryl methyl sites for hydroxylation is 2. The molecule has 2 saturated carbocycles. The van der Waals surface area contributed by atoms with Crippen molar-refractivity contribution < 1.29 is 0 Å². The highest BCUT2D eigenvalue weighted by Gasteiger charge is 2.42. The highest BCUT2D eigenvalue weighted by atomic mass is 15.0. The predicted molar refractivity (Wildman–Crippen MR) is 72.8 cm³/mol. The molecule has 0 atom stereocenters. The minimum Gasteiger partial charge on any atom is -0.314 e. The SMILES string of the molecule is Cc1nc(C2(C)CC2)nc(C)c1CCNC1CC1. The molecular weight excluding hydrogens is 222 g/mol. The van der Waals surface area contributed by atoms with Crippen LogP contribution in [0.1, 0.15) is 55.4 Å². The fourth-order valence-electron chi connectivity index (χ4n) is 2.47. The average molecular weight is 245 g/mol. The molecule has 2 aliphatic carbocycles. The van der Waals surface area contributed by atoms with Gasteiger partial charge in [-0.1, -0.05) is 6.92 Å². The van der Waals surface area contributed by atoms with Crippen LogP contribution in [0.5, 0.6) is 0 Å². The highest BCUT2D eigenvalue weighted by Crippen LogP contribution is 2.46. The molecule has 3 rings (SSSR count). The number of hydrogen-bond donors (Lipinski definition) is 1. The van der Waals surface area contributed by atoms with Gasteiger partial charge in [-0.05, 0) is 58.1 Å². The van der Waals surface area contributed by atoms with E-state index in [0.717, 1.165) is 24.8 Å². The lowest BCUT2D eigenvalue weighted by Gasteiger charge is -2.14. The Balaban J connectivity index is 1.72. The van der Waals surface area contributed by atoms with E-state index in [-0.39, 0.29) is 5.41 Å². The molecule has 1 N–H and O–H groups in total. The molecule has 2 fully saturated rings. The van der Waals surface area contributed by atoms with Crippen molar-refractivity contribution >= 4 is 0 Å². The largest absolute Gasteiger partial charge is 0.314 e. The first kappa shape index (κ1) is 12.1. The summed E-state index contributed by atoms with van der Waals surface area (Å²) < 4.78 is 0. The Morgan fingerprint density at radius 1 is 1.17 bits per heavy atom. The molecule has 0 bridgehead atoms. The summed E-state index contributed by atoms with van der Waals surface area (Å²) in [7, 11) is 0. The van der Waals surface area contributed by atoms with Crippen molar-refractivity contribution in [3.8, 4) is 0 Å². The van der Waals surface area contributed by atoms with Crippen molar-refractivity contribution in [3.05, 3.63) is 22.8 Å². The van der Waals surface area contributed by atoms with Crippen molar-refractivity contribution in [1.82, 2.24) is 15.3 Å². The molecule has 3 nitrogen and oxygen atoms in total. The maximum absolute atomic E-state index is 4.74. The molecule has 3 heteroatoms. The molecule has 0 unspecified atom stereocenters. The van der Waals surface area contributed by atoms with Crippen LogP contribution in [0.2, 0.25) is 0 Å². The number of rotatable bonds is 5. The van der Waals surface area contributed by atoms with Crippen molar-refractivity contribution in [2.24, 2.45) is 0 Å². The van der Waals surface area contributed by atoms with Crippen molar-refractivity contribution in [2.75, 3.05) is 6.54 Å². The smallest absolute Gasteiger partial charge is 0.134 e. The molecular formula is C15H23N3. The van der Waals surface area contributed by atoms with Gasteiger partial charge in [-0.2, -0.15) is 0 Å². The first-order valence-electron chi connectivity index (χ1n) is 7.16. The number of nitrogens with zero attached hydrogens (tertiary/aromatic N) is 2. The van der Waals surface area contributed by atoms with Crippen LogP contribution in [-0.2, 0) is 11.8 Å². The molecule has 2 aliphatic rings. The number of hydrogen-bond acceptors (Lipinski definition) is 3. The fraction of sp³-hybridized carbons (Fsp3) is 0.733. The van der Waals surface area contributed by atoms with Gasteiger partial charge in [0.2, 0.25) is 0 Å². The van der Waals surface area contributed by atoms with Crippen LogP contribution in [0.3, 0.4) is 0 Å². The summed E-state index contributed by atoms with van der Waals surface area (Å²) in [5, 5.41) is 3.56. The topological polar surface area (TPSA) is 37.8 Å². The molecule has 0 amide bonds. The summed E-state index contributed by atoms with van der Waals surface area (Å²) in [6.07, 6.45) is 6.26. The van der Waals surface area contributed by atoms with Gasteiger partial charge in [-0.15, -0.1) is 0 Å². The average Bonchev–Trinajstić information content (AvgIpc) is 3.20. The molecule has 0 spiro atoms. The molecule has 1 aromatic rings. The van der Waals surface area contributed by atoms with Crippen LogP contribution >= 0.6 is 0 Å². The Labute approximate surface area is 109 Å². The minimum atomic E-state index is 0.278. The van der Waals surface area contributed by atoms with Crippen LogP contribution in [-0.4, -0.2) is 22.6 Å². The summed E-state index contributed by atoms with van der Waals surface area (Å²) in [6.45, 7) is 7.61. The van der Waals surface area contributed by atoms with Gasteiger partial charge in [0.1, 0.15) is 5.82 Å². The van der Waals surface area contributed by atoms with Crippen molar-refractivity contribution in [1.29, 1.82) is 0 Å². The Morgan fingerprint density at radius 3 is 2.28 bits per heavy atom. The summed E-state index contributed by atoms with van der Waals surface area (Å²) >= 11 is 0. The van der Waals surface area contributed by atoms with Crippen molar-refractivity contribution in [2.45, 2.75) is 64.3 Å². The second-order valence-corrected chi connectivity index (χ2v) is 6.24. The molecule has 0 saturated heterocycles. The van der Waals surface area contributed by atoms with Crippen LogP contribution in [0, 0.1) is 13.8 Å². The number of aromatic nitrogens is 2. The third-order valence-electron chi connectivity index (χ3n) is 4.35. The molecule has 18 heavy (non-hydrogen) atoms. The minimum absolute atomic E-state index is 0.278. The van der Waals surface area contributed by atoms with Crippen LogP contribution in [0.15, 0.2) is 0 Å². The van der Waals surface area contributed by atoms with Crippen molar-refractivity contribution in [3.63, 3.8) is 0 Å². The quantitative estimate of drug-likeness (QED) is 0.866. The summed E-state index contributed by atoms with van der Waals surface area (Å²) in [5.74, 6) is 1.07. The van der Waals surface area contributed by atoms with E-state index in [2.05, 4.69) is 26.1 Å². The maximum Gasteiger partial charge on any atom is 0.134 e. The Bertz CT molecular complexity index is 436. The summed E-state index contributed by atoms with van der Waals surface area (Å²) in [5.41, 5.74) is 3.99. The van der Waals surface area contributed by atoms with E-state index in [1.807, 2.05) is 0 Å². The molecule has 1 aromatic heterocycles. The second-order valence-electron chi connectivity index (χ2n) is 6.24. The zero-order chi connectivity index (χ0) is 12.8. The fourth-order valence-corrected chi connectivity index (χ4v) is 2.47. The Hall–Kier alpha value is -0.960. The second kappa shape index (κ2) is 4.30. The van der Waals surface area contributed by atoms with Gasteiger partial charge in [-0.25, -0.2) is 9.97 Å². The Morgan fingerprint density at radius 2 is 1.78 bits per heavy atom. The van der Waals surface area contributed by atoms with E-state index >= 15 is 0 Å². The lowest BCUT2D eigenvalue weighted by molar-refractivity contribution is 0.660. The lowest BCUT2D eigenvalue weighted by atomic mass is 10.1. The van der Waals surface area contributed by atoms with Crippen LogP contribution < -0.4 is 5.32 Å². The number of nitrogens with one attached hydrogen (secondary N) is 1. The first-order valence-corrected chi connectivity index (χ1v) is 7.16. The third-order valence-corrected chi connectivity index (χ3v) is 4.35. The third kappa shape index (κ3) is 2.41. The standard InChI is InChI=1S/C15H23N3/c1-10-13(6-9-16-12-4-5-12)11(2)18-14(17-10)15(3)7-8-15/h12,16H,4-9H2,1-3H3. The van der Waals surface area contributed by atoms with E-state index in [0.29, 0.717) is 0 Å². The first-order chi connectivity index (χ1) is 8.58. The van der Waals surface area contributed by atoms with Crippen LogP contribution in [0.4, 0.5) is 0 Å². The van der Waals surface area contributed by atoms with Gasteiger partial charge < -0.3 is 5.32 Å². The normalized spacial score (nSPS) is 21.1. The van der Waals surface area contributed by atoms with Gasteiger partial charge in [0, 0.05) is 22.8 Å². The molecule has 98 valence electrons. The van der Waals surface area contributed by atoms with Gasteiger partial charge in [0.25, 0.3) is 0 Å². The van der Waals surface area contributed by atoms with Gasteiger partial charge in [-0.3, -0.25) is 0 Å². The zero-order valence-electron chi connectivity index (χ0n) is 11.7. The van der Waals surface area contributed by atoms with Gasteiger partial charge >= 0.3 is 0 Å². The van der Waals surface area contributed by atoms with E-state index in [4.69, 9.17) is 9.97 Å². The molecule has 0 aliphatic heterocycles. The molecule has 0 radical (unpaired) electrons. The maximum atomic E-state index is 4.74. The molecule has 0 aromatic carbocycles. The monoisotopic (exact) mass is 245 g/mol. The summed E-state index contributed by atoms with van der Waals surface area (Å²) in [4.78, 5) is 9.48. The molecule has 1 heterocycles. The lowest BCUT2D eigenvalue weighted by Crippen LogP contribution is -2.21.